The maximum atomic E-state index is 12.2. The number of ether oxygens (including phenoxy) is 1. The van der Waals surface area contributed by atoms with Crippen molar-refractivity contribution in [3.05, 3.63) is 5.01 Å². The van der Waals surface area contributed by atoms with E-state index in [4.69, 9.17) is 4.74 Å². The van der Waals surface area contributed by atoms with E-state index in [1.807, 2.05) is 20.8 Å². The number of hydrogen-bond acceptors (Lipinski definition) is 6. The number of hydrogen-bond donors (Lipinski definition) is 1. The second kappa shape index (κ2) is 6.95. The first kappa shape index (κ1) is 15.8. The minimum Gasteiger partial charge on any atom is -0.374 e. The monoisotopic (exact) mass is 312 g/mol. The lowest BCUT2D eigenvalue weighted by molar-refractivity contribution is -0.129. The zero-order chi connectivity index (χ0) is 15.4. The minimum absolute atomic E-state index is 0.0273. The Balaban J connectivity index is 1.90. The van der Waals surface area contributed by atoms with E-state index in [1.165, 1.54) is 11.3 Å². The van der Waals surface area contributed by atoms with Crippen LogP contribution in [0.25, 0.3) is 0 Å². The number of carbonyl (C=O) groups is 2. The Morgan fingerprint density at radius 2 is 2.29 bits per heavy atom. The quantitative estimate of drug-likeness (QED) is 0.855. The number of amides is 2. The van der Waals surface area contributed by atoms with Gasteiger partial charge in [0.2, 0.25) is 16.9 Å². The highest BCUT2D eigenvalue weighted by molar-refractivity contribution is 7.15. The first-order chi connectivity index (χ1) is 10.0. The van der Waals surface area contributed by atoms with E-state index in [0.29, 0.717) is 24.9 Å². The fraction of sp³-hybridized carbons (Fsp3) is 0.692. The summed E-state index contributed by atoms with van der Waals surface area (Å²) in [7, 11) is 0. The van der Waals surface area contributed by atoms with Gasteiger partial charge in [-0.2, -0.15) is 0 Å². The Hall–Kier alpha value is -1.54. The Morgan fingerprint density at radius 1 is 1.52 bits per heavy atom. The Labute approximate surface area is 127 Å². The summed E-state index contributed by atoms with van der Waals surface area (Å²) < 4.78 is 5.24. The zero-order valence-corrected chi connectivity index (χ0v) is 13.3. The number of carbonyl (C=O) groups excluding carboxylic acids is 2. The summed E-state index contributed by atoms with van der Waals surface area (Å²) in [6.07, 6.45) is 0.259. The van der Waals surface area contributed by atoms with Crippen molar-refractivity contribution in [1.82, 2.24) is 15.1 Å². The highest BCUT2D eigenvalue weighted by Crippen LogP contribution is 2.23. The van der Waals surface area contributed by atoms with Crippen molar-refractivity contribution in [2.75, 3.05) is 18.5 Å². The van der Waals surface area contributed by atoms with E-state index >= 15 is 0 Å². The fourth-order valence-corrected chi connectivity index (χ4v) is 2.85. The molecular formula is C13H20N4O3S. The van der Waals surface area contributed by atoms with Crippen LogP contribution in [-0.2, 0) is 20.9 Å². The molecule has 1 saturated heterocycles. The normalized spacial score (nSPS) is 18.6. The molecule has 0 aliphatic carbocycles. The van der Waals surface area contributed by atoms with Crippen LogP contribution in [-0.4, -0.2) is 46.1 Å². The van der Waals surface area contributed by atoms with E-state index in [-0.39, 0.29) is 30.2 Å². The van der Waals surface area contributed by atoms with Crippen LogP contribution in [0.3, 0.4) is 0 Å². The molecule has 116 valence electrons. The molecule has 8 heteroatoms. The van der Waals surface area contributed by atoms with Gasteiger partial charge in [0, 0.05) is 25.6 Å². The van der Waals surface area contributed by atoms with Crippen molar-refractivity contribution in [3.8, 4) is 0 Å². The van der Waals surface area contributed by atoms with Gasteiger partial charge >= 0.3 is 0 Å². The fourth-order valence-electron chi connectivity index (χ4n) is 2.17. The molecule has 1 atom stereocenters. The summed E-state index contributed by atoms with van der Waals surface area (Å²) >= 11 is 1.29. The van der Waals surface area contributed by atoms with Gasteiger partial charge in [0.25, 0.3) is 0 Å². The van der Waals surface area contributed by atoms with E-state index in [9.17, 15) is 9.59 Å². The highest BCUT2D eigenvalue weighted by Gasteiger charge is 2.35. The van der Waals surface area contributed by atoms with Crippen molar-refractivity contribution in [1.29, 1.82) is 0 Å². The Bertz CT molecular complexity index is 517. The molecule has 2 heterocycles. The highest BCUT2D eigenvalue weighted by atomic mass is 32.1. The summed E-state index contributed by atoms with van der Waals surface area (Å²) in [5.41, 5.74) is 0. The topological polar surface area (TPSA) is 84.4 Å². The number of nitrogens with one attached hydrogen (secondary N) is 1. The van der Waals surface area contributed by atoms with Crippen LogP contribution in [0.15, 0.2) is 0 Å². The van der Waals surface area contributed by atoms with E-state index in [1.54, 1.807) is 4.90 Å². The standard InChI is InChI=1S/C13H20N4O3S/c1-4-20-7-10-15-16-13(21-10)14-12(19)9-5-11(18)17(6-9)8(2)3/h8-9H,4-7H2,1-3H3,(H,14,16,19)/t9-/m0/s1. The van der Waals surface area contributed by atoms with E-state index in [2.05, 4.69) is 15.5 Å². The number of likely N-dealkylation sites (tertiary alicyclic amines) is 1. The van der Waals surface area contributed by atoms with Crippen molar-refractivity contribution in [3.63, 3.8) is 0 Å². The first-order valence-corrected chi connectivity index (χ1v) is 7.83. The summed E-state index contributed by atoms with van der Waals surface area (Å²) in [5.74, 6) is -0.468. The molecule has 21 heavy (non-hydrogen) atoms. The average molecular weight is 312 g/mol. The predicted molar refractivity (Wildman–Crippen MR) is 78.8 cm³/mol. The molecule has 1 N–H and O–H groups in total. The molecule has 0 bridgehead atoms. The Morgan fingerprint density at radius 3 is 2.90 bits per heavy atom. The molecule has 1 aromatic rings. The van der Waals surface area contributed by atoms with Crippen molar-refractivity contribution >= 4 is 28.3 Å². The molecule has 0 radical (unpaired) electrons. The average Bonchev–Trinajstić information content (AvgIpc) is 3.03. The van der Waals surface area contributed by atoms with Crippen molar-refractivity contribution in [2.45, 2.75) is 39.8 Å². The second-order valence-corrected chi connectivity index (χ2v) is 6.23. The lowest BCUT2D eigenvalue weighted by Crippen LogP contribution is -2.33. The summed E-state index contributed by atoms with van der Waals surface area (Å²) in [5, 5.41) is 11.8. The lowest BCUT2D eigenvalue weighted by atomic mass is 10.1. The Kier molecular flexibility index (Phi) is 5.24. The molecule has 0 unspecified atom stereocenters. The maximum absolute atomic E-state index is 12.2. The molecule has 2 amide bonds. The smallest absolute Gasteiger partial charge is 0.231 e. The summed E-state index contributed by atoms with van der Waals surface area (Å²) in [6.45, 7) is 7.27. The van der Waals surface area contributed by atoms with Gasteiger partial charge in [0.05, 0.1) is 5.92 Å². The minimum atomic E-state index is -0.320. The molecule has 1 aliphatic rings. The third-order valence-electron chi connectivity index (χ3n) is 3.28. The summed E-state index contributed by atoms with van der Waals surface area (Å²) in [4.78, 5) is 25.7. The van der Waals surface area contributed by atoms with Crippen LogP contribution in [0.2, 0.25) is 0 Å². The lowest BCUT2D eigenvalue weighted by Gasteiger charge is -2.20. The molecule has 0 spiro atoms. The van der Waals surface area contributed by atoms with Crippen LogP contribution in [0, 0.1) is 5.92 Å². The van der Waals surface area contributed by atoms with Crippen molar-refractivity contribution < 1.29 is 14.3 Å². The van der Waals surface area contributed by atoms with Crippen LogP contribution in [0.4, 0.5) is 5.13 Å². The maximum Gasteiger partial charge on any atom is 0.231 e. The molecule has 1 aliphatic heterocycles. The van der Waals surface area contributed by atoms with Crippen molar-refractivity contribution in [2.24, 2.45) is 5.92 Å². The van der Waals surface area contributed by atoms with Crippen LogP contribution in [0.1, 0.15) is 32.2 Å². The number of aromatic nitrogens is 2. The first-order valence-electron chi connectivity index (χ1n) is 7.01. The number of anilines is 1. The largest absolute Gasteiger partial charge is 0.374 e. The SMILES string of the molecule is CCOCc1nnc(NC(=O)[C@H]2CC(=O)N(C(C)C)C2)s1. The summed E-state index contributed by atoms with van der Waals surface area (Å²) in [6, 6.07) is 0.120. The molecule has 2 rings (SSSR count). The molecule has 0 saturated carbocycles. The van der Waals surface area contributed by atoms with Gasteiger partial charge in [-0.1, -0.05) is 11.3 Å². The predicted octanol–water partition coefficient (Wildman–Crippen LogP) is 1.27. The van der Waals surface area contributed by atoms with Crippen LogP contribution < -0.4 is 5.32 Å². The van der Waals surface area contributed by atoms with Gasteiger partial charge in [0.15, 0.2) is 0 Å². The van der Waals surface area contributed by atoms with Gasteiger partial charge in [-0.3, -0.25) is 9.59 Å². The molecular weight excluding hydrogens is 292 g/mol. The third-order valence-corrected chi connectivity index (χ3v) is 4.09. The van der Waals surface area contributed by atoms with E-state index in [0.717, 1.165) is 5.01 Å². The molecule has 0 aromatic carbocycles. The van der Waals surface area contributed by atoms with Gasteiger partial charge in [-0.05, 0) is 20.8 Å². The number of rotatable bonds is 6. The molecule has 7 nitrogen and oxygen atoms in total. The van der Waals surface area contributed by atoms with Gasteiger partial charge in [-0.15, -0.1) is 10.2 Å². The molecule has 1 fully saturated rings. The van der Waals surface area contributed by atoms with Gasteiger partial charge < -0.3 is 15.0 Å². The van der Waals surface area contributed by atoms with Crippen LogP contribution >= 0.6 is 11.3 Å². The van der Waals surface area contributed by atoms with Gasteiger partial charge in [0.1, 0.15) is 11.6 Å². The molecule has 1 aromatic heterocycles. The van der Waals surface area contributed by atoms with Crippen LogP contribution in [0.5, 0.6) is 0 Å². The van der Waals surface area contributed by atoms with Gasteiger partial charge in [-0.25, -0.2) is 0 Å². The van der Waals surface area contributed by atoms with E-state index < -0.39 is 0 Å². The zero-order valence-electron chi connectivity index (χ0n) is 12.5. The number of nitrogens with zero attached hydrogens (tertiary/aromatic N) is 3. The second-order valence-electron chi connectivity index (χ2n) is 5.17. The third kappa shape index (κ3) is 3.98.